The molecule has 0 radical (unpaired) electrons. The summed E-state index contributed by atoms with van der Waals surface area (Å²) in [5.41, 5.74) is 1.90. The highest BCUT2D eigenvalue weighted by molar-refractivity contribution is 6.42. The zero-order chi connectivity index (χ0) is 17.2. The fraction of sp³-hybridized carbons (Fsp3) is 0.0769. The molecule has 10 heteroatoms. The lowest BCUT2D eigenvalue weighted by molar-refractivity contribution is -0.137. The highest BCUT2D eigenvalue weighted by Gasteiger charge is 2.34. The van der Waals surface area contributed by atoms with Crippen molar-refractivity contribution in [3.63, 3.8) is 0 Å². The van der Waals surface area contributed by atoms with Gasteiger partial charge in [-0.15, -0.1) is 0 Å². The van der Waals surface area contributed by atoms with Crippen molar-refractivity contribution in [2.24, 2.45) is 5.10 Å². The van der Waals surface area contributed by atoms with E-state index in [1.165, 1.54) is 6.21 Å². The second-order valence-corrected chi connectivity index (χ2v) is 5.78. The van der Waals surface area contributed by atoms with Crippen LogP contribution in [-0.2, 0) is 6.18 Å². The van der Waals surface area contributed by atoms with E-state index >= 15 is 0 Å². The van der Waals surface area contributed by atoms with Gasteiger partial charge in [-0.05, 0) is 23.8 Å². The van der Waals surface area contributed by atoms with E-state index in [1.54, 1.807) is 18.2 Å². The van der Waals surface area contributed by atoms with Gasteiger partial charge in [0.05, 0.1) is 26.8 Å². The largest absolute Gasteiger partial charge is 0.419 e. The van der Waals surface area contributed by atoms with E-state index in [0.29, 0.717) is 21.7 Å². The average molecular weight is 403 g/mol. The molecule has 1 aromatic carbocycles. The van der Waals surface area contributed by atoms with Crippen LogP contribution in [-0.4, -0.2) is 11.2 Å². The second-order valence-electron chi connectivity index (χ2n) is 4.20. The van der Waals surface area contributed by atoms with E-state index in [9.17, 15) is 13.2 Å². The van der Waals surface area contributed by atoms with Gasteiger partial charge in [-0.25, -0.2) is 4.98 Å². The third-order valence-electron chi connectivity index (χ3n) is 2.56. The minimum atomic E-state index is -4.64. The molecule has 0 unspecified atom stereocenters. The number of nitrogens with one attached hydrogen (secondary N) is 1. The van der Waals surface area contributed by atoms with Gasteiger partial charge in [0.15, 0.2) is 5.82 Å². The lowest BCUT2D eigenvalue weighted by Gasteiger charge is -2.10. The van der Waals surface area contributed by atoms with Gasteiger partial charge in [-0.3, -0.25) is 5.43 Å². The van der Waals surface area contributed by atoms with Crippen LogP contribution in [0.4, 0.5) is 19.0 Å². The second kappa shape index (κ2) is 7.13. The lowest BCUT2D eigenvalue weighted by atomic mass is 10.2. The number of aromatic nitrogens is 1. The molecule has 0 aliphatic carbocycles. The predicted molar refractivity (Wildman–Crippen MR) is 86.9 cm³/mol. The molecule has 0 saturated carbocycles. The maximum Gasteiger partial charge on any atom is 0.419 e. The molecular weight excluding hydrogens is 397 g/mol. The Morgan fingerprint density at radius 2 is 1.70 bits per heavy atom. The Balaban J connectivity index is 2.19. The summed E-state index contributed by atoms with van der Waals surface area (Å²) in [5.74, 6) is -0.110. The van der Waals surface area contributed by atoms with Gasteiger partial charge < -0.3 is 0 Å². The van der Waals surface area contributed by atoms with Crippen molar-refractivity contribution in [2.75, 3.05) is 5.43 Å². The molecule has 0 spiro atoms. The number of rotatable bonds is 3. The molecule has 122 valence electrons. The SMILES string of the molecule is FC(F)(F)c1cc(Cl)c(N/N=C/c2ccc(Cl)c(Cl)c2)nc1Cl. The first-order valence-corrected chi connectivity index (χ1v) is 7.37. The first-order chi connectivity index (χ1) is 10.7. The third-order valence-corrected chi connectivity index (χ3v) is 3.88. The van der Waals surface area contributed by atoms with Crippen LogP contribution in [0.1, 0.15) is 11.1 Å². The number of hydrogen-bond acceptors (Lipinski definition) is 3. The molecule has 3 nitrogen and oxygen atoms in total. The summed E-state index contributed by atoms with van der Waals surface area (Å²) >= 11 is 22.9. The first kappa shape index (κ1) is 18.1. The minimum Gasteiger partial charge on any atom is -0.260 e. The van der Waals surface area contributed by atoms with Crippen LogP contribution in [0.5, 0.6) is 0 Å². The van der Waals surface area contributed by atoms with Crippen LogP contribution in [0, 0.1) is 0 Å². The number of alkyl halides is 3. The Morgan fingerprint density at radius 3 is 2.30 bits per heavy atom. The monoisotopic (exact) mass is 401 g/mol. The molecule has 0 saturated heterocycles. The van der Waals surface area contributed by atoms with Gasteiger partial charge >= 0.3 is 6.18 Å². The molecule has 0 bridgehead atoms. The number of pyridine rings is 1. The summed E-state index contributed by atoms with van der Waals surface area (Å²) in [4.78, 5) is 3.54. The van der Waals surface area contributed by atoms with Gasteiger partial charge in [0.25, 0.3) is 0 Å². The Morgan fingerprint density at radius 1 is 1.00 bits per heavy atom. The maximum atomic E-state index is 12.6. The van der Waals surface area contributed by atoms with Gasteiger partial charge in [0.1, 0.15) is 5.15 Å². The quantitative estimate of drug-likeness (QED) is 0.379. The van der Waals surface area contributed by atoms with E-state index in [2.05, 4.69) is 15.5 Å². The summed E-state index contributed by atoms with van der Waals surface area (Å²) in [7, 11) is 0. The number of hydrogen-bond donors (Lipinski definition) is 1. The molecule has 0 atom stereocenters. The smallest absolute Gasteiger partial charge is 0.260 e. The van der Waals surface area contributed by atoms with Crippen molar-refractivity contribution in [2.45, 2.75) is 6.18 Å². The highest BCUT2D eigenvalue weighted by atomic mass is 35.5. The summed E-state index contributed by atoms with van der Waals surface area (Å²) in [6.45, 7) is 0. The zero-order valence-corrected chi connectivity index (χ0v) is 14.0. The molecule has 2 rings (SSSR count). The first-order valence-electron chi connectivity index (χ1n) is 5.86. The molecule has 0 aliphatic heterocycles. The highest BCUT2D eigenvalue weighted by Crippen LogP contribution is 2.37. The Bertz CT molecular complexity index is 763. The van der Waals surface area contributed by atoms with Crippen molar-refractivity contribution < 1.29 is 13.2 Å². The molecule has 0 fully saturated rings. The predicted octanol–water partition coefficient (Wildman–Crippen LogP) is 6.16. The van der Waals surface area contributed by atoms with Crippen LogP contribution < -0.4 is 5.43 Å². The third kappa shape index (κ3) is 4.64. The lowest BCUT2D eigenvalue weighted by Crippen LogP contribution is -2.08. The summed E-state index contributed by atoms with van der Waals surface area (Å²) in [5, 5.41) is 3.54. The summed E-state index contributed by atoms with van der Waals surface area (Å²) in [6, 6.07) is 5.46. The number of hydrazone groups is 1. The van der Waals surface area contributed by atoms with Crippen LogP contribution in [0.3, 0.4) is 0 Å². The average Bonchev–Trinajstić information content (AvgIpc) is 2.45. The Hall–Kier alpha value is -1.21. The van der Waals surface area contributed by atoms with Crippen molar-refractivity contribution in [3.05, 3.63) is 55.6 Å². The number of halogens is 7. The van der Waals surface area contributed by atoms with E-state index in [0.717, 1.165) is 0 Å². The number of nitrogens with zero attached hydrogens (tertiary/aromatic N) is 2. The Kier molecular flexibility index (Phi) is 5.62. The van der Waals surface area contributed by atoms with Crippen LogP contribution >= 0.6 is 46.4 Å². The summed E-state index contributed by atoms with van der Waals surface area (Å²) in [6.07, 6.45) is -3.28. The van der Waals surface area contributed by atoms with Gasteiger partial charge in [-0.2, -0.15) is 18.3 Å². The van der Waals surface area contributed by atoms with E-state index in [1.807, 2.05) is 0 Å². The molecule has 1 heterocycles. The fourth-order valence-corrected chi connectivity index (χ4v) is 2.25. The van der Waals surface area contributed by atoms with Gasteiger partial charge in [0.2, 0.25) is 0 Å². The summed E-state index contributed by atoms with van der Waals surface area (Å²) < 4.78 is 37.9. The molecule has 0 amide bonds. The number of anilines is 1. The minimum absolute atomic E-state index is 0.110. The van der Waals surface area contributed by atoms with Crippen molar-refractivity contribution in [3.8, 4) is 0 Å². The van der Waals surface area contributed by atoms with Crippen LogP contribution in [0.2, 0.25) is 20.2 Å². The Labute approximate surface area is 149 Å². The normalized spacial score (nSPS) is 12.0. The van der Waals surface area contributed by atoms with Crippen LogP contribution in [0.15, 0.2) is 29.4 Å². The number of benzene rings is 1. The molecule has 23 heavy (non-hydrogen) atoms. The van der Waals surface area contributed by atoms with E-state index < -0.39 is 16.9 Å². The zero-order valence-electron chi connectivity index (χ0n) is 10.9. The van der Waals surface area contributed by atoms with Crippen molar-refractivity contribution in [1.29, 1.82) is 0 Å². The molecule has 2 aromatic rings. The standard InChI is InChI=1S/C13H6Cl4F3N3/c14-8-2-1-6(3-9(8)15)5-21-23-12-10(16)4-7(11(17)22-12)13(18,19)20/h1-5H,(H,22,23)/b21-5+. The van der Waals surface area contributed by atoms with Crippen molar-refractivity contribution >= 4 is 58.4 Å². The molecule has 1 N–H and O–H groups in total. The van der Waals surface area contributed by atoms with Crippen LogP contribution in [0.25, 0.3) is 0 Å². The van der Waals surface area contributed by atoms with E-state index in [-0.39, 0.29) is 10.8 Å². The van der Waals surface area contributed by atoms with Crippen molar-refractivity contribution in [1.82, 2.24) is 4.98 Å². The molecular formula is C13H6Cl4F3N3. The fourth-order valence-electron chi connectivity index (χ4n) is 1.50. The topological polar surface area (TPSA) is 37.3 Å². The van der Waals surface area contributed by atoms with E-state index in [4.69, 9.17) is 46.4 Å². The molecule has 1 aromatic heterocycles. The maximum absolute atomic E-state index is 12.6. The van der Waals surface area contributed by atoms with Gasteiger partial charge in [0, 0.05) is 0 Å². The molecule has 0 aliphatic rings. The van der Waals surface area contributed by atoms with Gasteiger partial charge in [-0.1, -0.05) is 52.5 Å².